The van der Waals surface area contributed by atoms with Gasteiger partial charge in [-0.25, -0.2) is 0 Å². The Kier molecular flexibility index (Phi) is 8.44. The summed E-state index contributed by atoms with van der Waals surface area (Å²) in [6, 6.07) is 11.6. The van der Waals surface area contributed by atoms with Crippen LogP contribution in [-0.2, 0) is 24.8 Å². The highest BCUT2D eigenvalue weighted by molar-refractivity contribution is 7.80. The molecule has 2 aliphatic heterocycles. The van der Waals surface area contributed by atoms with Gasteiger partial charge in [0, 0.05) is 63.0 Å². The smallest absolute Gasteiger partial charge is 0.224 e. The number of thiocarbonyl (C=S) groups is 1. The number of aromatic nitrogens is 2. The van der Waals surface area contributed by atoms with Crippen LogP contribution in [0.15, 0.2) is 36.5 Å². The highest BCUT2D eigenvalue weighted by Crippen LogP contribution is 2.28. The van der Waals surface area contributed by atoms with Crippen LogP contribution >= 0.6 is 12.2 Å². The summed E-state index contributed by atoms with van der Waals surface area (Å²) < 4.78 is 1.90. The minimum Gasteiger partial charge on any atom is -0.360 e. The fourth-order valence-corrected chi connectivity index (χ4v) is 6.10. The molecule has 1 amide bonds. The third-order valence-electron chi connectivity index (χ3n) is 7.60. The number of rotatable bonds is 8. The van der Waals surface area contributed by atoms with Crippen LogP contribution in [0.3, 0.4) is 0 Å². The first-order chi connectivity index (χ1) is 16.8. The monoisotopic (exact) mass is 496 g/mol. The Balaban J connectivity index is 1.38. The van der Waals surface area contributed by atoms with E-state index in [4.69, 9.17) is 12.2 Å². The van der Waals surface area contributed by atoms with E-state index in [9.17, 15) is 4.79 Å². The van der Waals surface area contributed by atoms with Gasteiger partial charge in [-0.1, -0.05) is 30.3 Å². The van der Waals surface area contributed by atoms with Gasteiger partial charge in [-0.15, -0.1) is 0 Å². The molecule has 1 aromatic heterocycles. The summed E-state index contributed by atoms with van der Waals surface area (Å²) in [6.07, 6.45) is 6.66. The lowest BCUT2D eigenvalue weighted by Gasteiger charge is -2.41. The van der Waals surface area contributed by atoms with Crippen molar-refractivity contribution in [3.63, 3.8) is 0 Å². The van der Waals surface area contributed by atoms with E-state index in [0.29, 0.717) is 29.5 Å². The molecular weight excluding hydrogens is 456 g/mol. The van der Waals surface area contributed by atoms with Gasteiger partial charge >= 0.3 is 0 Å². The van der Waals surface area contributed by atoms with Crippen molar-refractivity contribution in [2.45, 2.75) is 70.6 Å². The second-order valence-corrected chi connectivity index (χ2v) is 10.9. The van der Waals surface area contributed by atoms with Crippen molar-refractivity contribution >= 4 is 23.2 Å². The lowest BCUT2D eigenvalue weighted by atomic mass is 9.84. The Labute approximate surface area is 215 Å². The van der Waals surface area contributed by atoms with Crippen molar-refractivity contribution in [3.8, 4) is 0 Å². The molecule has 2 saturated heterocycles. The molecule has 2 N–H and O–H groups in total. The molecule has 35 heavy (non-hydrogen) atoms. The number of likely N-dealkylation sites (tertiary alicyclic amines) is 1. The van der Waals surface area contributed by atoms with Crippen LogP contribution in [0.5, 0.6) is 0 Å². The summed E-state index contributed by atoms with van der Waals surface area (Å²) >= 11 is 5.29. The maximum atomic E-state index is 13.1. The Morgan fingerprint density at radius 3 is 2.57 bits per heavy atom. The topological polar surface area (TPSA) is 65.4 Å². The summed E-state index contributed by atoms with van der Waals surface area (Å²) in [5, 5.41) is 11.7. The van der Waals surface area contributed by atoms with E-state index < -0.39 is 0 Å². The van der Waals surface area contributed by atoms with Crippen LogP contribution in [0.2, 0.25) is 0 Å². The van der Waals surface area contributed by atoms with Crippen LogP contribution in [-0.4, -0.2) is 68.9 Å². The molecule has 190 valence electrons. The minimum atomic E-state index is 0.128. The number of nitrogens with zero attached hydrogens (tertiary/aromatic N) is 4. The first-order valence-corrected chi connectivity index (χ1v) is 13.3. The molecule has 0 radical (unpaired) electrons. The molecular formula is C27H40N6OS. The molecule has 2 aliphatic rings. The van der Waals surface area contributed by atoms with Crippen molar-refractivity contribution in [2.24, 2.45) is 13.0 Å². The van der Waals surface area contributed by atoms with Crippen molar-refractivity contribution < 1.29 is 4.79 Å². The van der Waals surface area contributed by atoms with E-state index in [1.54, 1.807) is 0 Å². The molecule has 3 atom stereocenters. The molecule has 7 nitrogen and oxygen atoms in total. The van der Waals surface area contributed by atoms with Crippen molar-refractivity contribution in [1.29, 1.82) is 0 Å². The molecule has 2 fully saturated rings. The molecule has 8 heteroatoms. The number of likely N-dealkylation sites (N-methyl/N-ethyl adjacent to an activating group) is 1. The zero-order valence-electron chi connectivity index (χ0n) is 21.5. The van der Waals surface area contributed by atoms with E-state index in [2.05, 4.69) is 83.0 Å². The third kappa shape index (κ3) is 6.82. The molecule has 1 unspecified atom stereocenters. The lowest BCUT2D eigenvalue weighted by molar-refractivity contribution is -0.133. The Bertz CT molecular complexity index is 1000. The van der Waals surface area contributed by atoms with Gasteiger partial charge in [0.05, 0.1) is 5.69 Å². The number of carbonyl (C=O) groups excluding carboxylic acids is 1. The van der Waals surface area contributed by atoms with Gasteiger partial charge in [-0.3, -0.25) is 14.4 Å². The van der Waals surface area contributed by atoms with Gasteiger partial charge in [0.25, 0.3) is 0 Å². The van der Waals surface area contributed by atoms with Gasteiger partial charge in [0.15, 0.2) is 5.11 Å². The molecule has 0 bridgehead atoms. The second kappa shape index (κ2) is 11.5. The average molecular weight is 497 g/mol. The molecule has 3 heterocycles. The van der Waals surface area contributed by atoms with Crippen molar-refractivity contribution in [3.05, 3.63) is 53.3 Å². The fraction of sp³-hybridized carbons (Fsp3) is 0.593. The summed E-state index contributed by atoms with van der Waals surface area (Å²) in [7, 11) is 4.22. The summed E-state index contributed by atoms with van der Waals surface area (Å²) in [5.74, 6) is 0.794. The summed E-state index contributed by atoms with van der Waals surface area (Å²) in [5.41, 5.74) is 3.74. The largest absolute Gasteiger partial charge is 0.360 e. The van der Waals surface area contributed by atoms with E-state index >= 15 is 0 Å². The number of amides is 1. The number of aryl methyl sites for hydroxylation is 2. The van der Waals surface area contributed by atoms with Gasteiger partial charge in [0.1, 0.15) is 0 Å². The number of hydrogen-bond donors (Lipinski definition) is 2. The van der Waals surface area contributed by atoms with Gasteiger partial charge < -0.3 is 15.5 Å². The first-order valence-electron chi connectivity index (χ1n) is 12.9. The molecule has 0 aliphatic carbocycles. The normalized spacial score (nSPS) is 22.1. The van der Waals surface area contributed by atoms with Crippen LogP contribution in [0.4, 0.5) is 0 Å². The molecule has 0 spiro atoms. The zero-order chi connectivity index (χ0) is 24.9. The van der Waals surface area contributed by atoms with E-state index in [-0.39, 0.29) is 11.9 Å². The van der Waals surface area contributed by atoms with Crippen LogP contribution < -0.4 is 10.6 Å². The number of carbonyl (C=O) groups is 1. The summed E-state index contributed by atoms with van der Waals surface area (Å²) in [6.45, 7) is 6.76. The quantitative estimate of drug-likeness (QED) is 0.548. The third-order valence-corrected chi connectivity index (χ3v) is 7.83. The highest BCUT2D eigenvalue weighted by atomic mass is 32.1. The number of benzene rings is 1. The fourth-order valence-electron chi connectivity index (χ4n) is 5.73. The Morgan fingerprint density at radius 2 is 1.94 bits per heavy atom. The van der Waals surface area contributed by atoms with Crippen molar-refractivity contribution in [1.82, 2.24) is 30.2 Å². The van der Waals surface area contributed by atoms with Crippen LogP contribution in [0.25, 0.3) is 0 Å². The van der Waals surface area contributed by atoms with Crippen LogP contribution in [0.1, 0.15) is 49.4 Å². The maximum Gasteiger partial charge on any atom is 0.224 e. The number of nitrogens with one attached hydrogen (secondary N) is 2. The predicted octanol–water partition coefficient (Wildman–Crippen LogP) is 3.03. The maximum absolute atomic E-state index is 13.1. The van der Waals surface area contributed by atoms with Gasteiger partial charge in [-0.2, -0.15) is 5.10 Å². The lowest BCUT2D eigenvalue weighted by Crippen LogP contribution is -2.55. The van der Waals surface area contributed by atoms with Crippen molar-refractivity contribution in [2.75, 3.05) is 20.1 Å². The molecule has 1 aromatic carbocycles. The average Bonchev–Trinajstić information content (AvgIpc) is 3.13. The standard InChI is InChI=1S/C27H40N6OS/c1-19-14-24(29-27(35)28-19)16-26(34)33-12-10-22(11-13-33)25(15-21-8-6-5-7-9-21)31(3)17-23-18-32(4)30-20(23)2/h5-9,18-19,22,24-25H,10-17H2,1-4H3,(H2,28,29,35)/t19-,24+,25?/m1/s1. The SMILES string of the molecule is Cc1nn(C)cc1CN(C)C(Cc1ccccc1)C1CCN(C(=O)C[C@@H]2C[C@@H](C)NC(=S)N2)CC1. The summed E-state index contributed by atoms with van der Waals surface area (Å²) in [4.78, 5) is 17.6. The minimum absolute atomic E-state index is 0.128. The zero-order valence-corrected chi connectivity index (χ0v) is 22.4. The van der Waals surface area contributed by atoms with Gasteiger partial charge in [0.2, 0.25) is 5.91 Å². The Hall–Kier alpha value is -2.45. The molecule has 0 saturated carbocycles. The van der Waals surface area contributed by atoms with E-state index in [1.165, 1.54) is 11.1 Å². The second-order valence-electron chi connectivity index (χ2n) is 10.5. The molecule has 2 aromatic rings. The predicted molar refractivity (Wildman–Crippen MR) is 144 cm³/mol. The van der Waals surface area contributed by atoms with Crippen LogP contribution in [0, 0.1) is 12.8 Å². The van der Waals surface area contributed by atoms with Gasteiger partial charge in [-0.05, 0) is 70.3 Å². The van der Waals surface area contributed by atoms with E-state index in [0.717, 1.165) is 51.0 Å². The molecule has 4 rings (SSSR count). The number of piperidine rings is 1. The number of hydrogen-bond acceptors (Lipinski definition) is 4. The Morgan fingerprint density at radius 1 is 1.23 bits per heavy atom. The van der Waals surface area contributed by atoms with E-state index in [1.807, 2.05) is 11.7 Å². The highest BCUT2D eigenvalue weighted by Gasteiger charge is 2.32. The first kappa shape index (κ1) is 25.6.